The molecule has 0 bridgehead atoms. The van der Waals surface area contributed by atoms with Crippen molar-refractivity contribution in [3.8, 4) is 5.75 Å². The summed E-state index contributed by atoms with van der Waals surface area (Å²) in [7, 11) is -4.10. The lowest BCUT2D eigenvalue weighted by atomic mass is 10.3. The average Bonchev–Trinajstić information content (AvgIpc) is 2.88. The first kappa shape index (κ1) is 16.0. The Balaban J connectivity index is 2.32. The molecule has 3 rings (SSSR count). The van der Waals surface area contributed by atoms with Crippen molar-refractivity contribution in [2.24, 2.45) is 0 Å². The first-order chi connectivity index (χ1) is 11.3. The van der Waals surface area contributed by atoms with Crippen molar-refractivity contribution >= 4 is 26.9 Å². The van der Waals surface area contributed by atoms with E-state index in [0.29, 0.717) is 0 Å². The van der Waals surface area contributed by atoms with Gasteiger partial charge in [-0.05, 0) is 24.3 Å². The van der Waals surface area contributed by atoms with Crippen molar-refractivity contribution in [1.29, 1.82) is 0 Å². The van der Waals surface area contributed by atoms with Gasteiger partial charge in [-0.15, -0.1) is 0 Å². The van der Waals surface area contributed by atoms with Crippen LogP contribution in [0.5, 0.6) is 5.75 Å². The van der Waals surface area contributed by atoms with E-state index in [1.807, 2.05) is 0 Å². The molecule has 0 radical (unpaired) electrons. The maximum Gasteiger partial charge on any atom is 0.280 e. The number of fused-ring (bicyclic) bond motifs is 1. The molecule has 10 nitrogen and oxygen atoms in total. The number of benzene rings is 1. The van der Waals surface area contributed by atoms with E-state index in [2.05, 4.69) is 15.0 Å². The average molecular weight is 351 g/mol. The SMILES string of the molecule is Nc1nc2c(nc(S(=O)(=O)c3ccc(O)cc3)n2CCO)c(=O)[nH]1. The van der Waals surface area contributed by atoms with Gasteiger partial charge in [0.15, 0.2) is 11.2 Å². The third-order valence-electron chi connectivity index (χ3n) is 3.30. The normalized spacial score (nSPS) is 11.9. The van der Waals surface area contributed by atoms with Crippen LogP contribution >= 0.6 is 0 Å². The summed E-state index contributed by atoms with van der Waals surface area (Å²) < 4.78 is 26.7. The van der Waals surface area contributed by atoms with E-state index in [1.54, 1.807) is 0 Å². The number of H-pyrrole nitrogens is 1. The number of aromatic hydroxyl groups is 1. The van der Waals surface area contributed by atoms with Gasteiger partial charge in [0.1, 0.15) is 5.75 Å². The third-order valence-corrected chi connectivity index (χ3v) is 4.98. The number of nitrogens with two attached hydrogens (primary N) is 1. The highest BCUT2D eigenvalue weighted by molar-refractivity contribution is 7.91. The Kier molecular flexibility index (Phi) is 3.73. The topological polar surface area (TPSA) is 164 Å². The van der Waals surface area contributed by atoms with Crippen molar-refractivity contribution in [3.63, 3.8) is 0 Å². The summed E-state index contributed by atoms with van der Waals surface area (Å²) in [5, 5.41) is 18.1. The third kappa shape index (κ3) is 2.49. The summed E-state index contributed by atoms with van der Waals surface area (Å²) in [5.41, 5.74) is 4.57. The first-order valence-electron chi connectivity index (χ1n) is 6.75. The lowest BCUT2D eigenvalue weighted by Gasteiger charge is -2.08. The highest BCUT2D eigenvalue weighted by Gasteiger charge is 2.27. The Morgan fingerprint density at radius 2 is 1.88 bits per heavy atom. The van der Waals surface area contributed by atoms with Crippen molar-refractivity contribution in [3.05, 3.63) is 34.6 Å². The molecular weight excluding hydrogens is 338 g/mol. The Labute approximate surface area is 135 Å². The fraction of sp³-hybridized carbons (Fsp3) is 0.154. The zero-order valence-electron chi connectivity index (χ0n) is 12.2. The number of rotatable bonds is 4. The molecule has 24 heavy (non-hydrogen) atoms. The van der Waals surface area contributed by atoms with Crippen LogP contribution in [0.4, 0.5) is 5.95 Å². The number of nitrogen functional groups attached to an aromatic ring is 1. The van der Waals surface area contributed by atoms with Gasteiger partial charge < -0.3 is 15.9 Å². The molecule has 2 aromatic heterocycles. The number of sulfone groups is 1. The maximum absolute atomic E-state index is 12.8. The first-order valence-corrected chi connectivity index (χ1v) is 8.24. The predicted octanol–water partition coefficient (Wildman–Crippen LogP) is -0.768. The molecule has 0 unspecified atom stereocenters. The smallest absolute Gasteiger partial charge is 0.280 e. The van der Waals surface area contributed by atoms with Gasteiger partial charge in [-0.1, -0.05) is 0 Å². The minimum absolute atomic E-state index is 0.0392. The number of phenols is 1. The molecule has 1 aromatic carbocycles. The van der Waals surface area contributed by atoms with Crippen LogP contribution in [-0.2, 0) is 16.4 Å². The monoisotopic (exact) mass is 351 g/mol. The lowest BCUT2D eigenvalue weighted by molar-refractivity contribution is 0.272. The number of nitrogens with one attached hydrogen (secondary N) is 1. The van der Waals surface area contributed by atoms with Gasteiger partial charge in [0.25, 0.3) is 5.56 Å². The number of nitrogens with zero attached hydrogens (tertiary/aromatic N) is 3. The zero-order valence-corrected chi connectivity index (χ0v) is 13.0. The number of imidazole rings is 1. The van der Waals surface area contributed by atoms with E-state index in [1.165, 1.54) is 24.3 Å². The summed E-state index contributed by atoms with van der Waals surface area (Å²) in [6.07, 6.45) is 0. The second-order valence-electron chi connectivity index (χ2n) is 4.89. The Morgan fingerprint density at radius 1 is 1.21 bits per heavy atom. The van der Waals surface area contributed by atoms with Gasteiger partial charge >= 0.3 is 0 Å². The molecular formula is C13H13N5O5S. The number of hydrogen-bond donors (Lipinski definition) is 4. The maximum atomic E-state index is 12.8. The van der Waals surface area contributed by atoms with Crippen LogP contribution in [0.1, 0.15) is 0 Å². The van der Waals surface area contributed by atoms with Crippen LogP contribution in [0.15, 0.2) is 39.1 Å². The van der Waals surface area contributed by atoms with Crippen LogP contribution in [0, 0.1) is 0 Å². The Morgan fingerprint density at radius 3 is 2.50 bits per heavy atom. The van der Waals surface area contributed by atoms with Gasteiger partial charge in [0, 0.05) is 6.54 Å². The number of aromatic amines is 1. The molecule has 0 aliphatic rings. The van der Waals surface area contributed by atoms with Gasteiger partial charge in [0.2, 0.25) is 20.9 Å². The fourth-order valence-corrected chi connectivity index (χ4v) is 3.63. The molecule has 0 saturated heterocycles. The van der Waals surface area contributed by atoms with E-state index < -0.39 is 27.2 Å². The molecule has 5 N–H and O–H groups in total. The number of aliphatic hydroxyl groups excluding tert-OH is 1. The van der Waals surface area contributed by atoms with Gasteiger partial charge in [-0.25, -0.2) is 13.4 Å². The van der Waals surface area contributed by atoms with Crippen molar-refractivity contribution in [1.82, 2.24) is 19.5 Å². The van der Waals surface area contributed by atoms with Crippen LogP contribution in [0.2, 0.25) is 0 Å². The number of hydrogen-bond acceptors (Lipinski definition) is 8. The van der Waals surface area contributed by atoms with Crippen LogP contribution < -0.4 is 11.3 Å². The van der Waals surface area contributed by atoms with Crippen molar-refractivity contribution in [2.45, 2.75) is 16.6 Å². The standard InChI is InChI=1S/C13H13N5O5S/c14-12-16-10-9(11(21)17-12)15-13(18(10)5-6-19)24(22,23)8-3-1-7(20)2-4-8/h1-4,19-20H,5-6H2,(H3,14,16,17,21). The Bertz CT molecular complexity index is 1070. The largest absolute Gasteiger partial charge is 0.508 e. The van der Waals surface area contributed by atoms with Gasteiger partial charge in [-0.2, -0.15) is 4.98 Å². The van der Waals surface area contributed by atoms with Crippen LogP contribution in [0.25, 0.3) is 11.2 Å². The van der Waals surface area contributed by atoms with E-state index in [9.17, 15) is 23.4 Å². The summed E-state index contributed by atoms with van der Waals surface area (Å²) in [5.74, 6) is -0.288. The minimum atomic E-state index is -4.10. The second-order valence-corrected chi connectivity index (χ2v) is 6.73. The molecule has 0 fully saturated rings. The molecule has 0 atom stereocenters. The highest BCUT2D eigenvalue weighted by Crippen LogP contribution is 2.24. The van der Waals surface area contributed by atoms with Crippen molar-refractivity contribution in [2.75, 3.05) is 12.3 Å². The Hall–Kier alpha value is -2.92. The van der Waals surface area contributed by atoms with Gasteiger partial charge in [-0.3, -0.25) is 14.3 Å². The molecule has 0 spiro atoms. The molecule has 2 heterocycles. The summed E-state index contributed by atoms with van der Waals surface area (Å²) in [4.78, 5) is 21.8. The molecule has 126 valence electrons. The molecule has 0 saturated carbocycles. The van der Waals surface area contributed by atoms with Crippen LogP contribution in [-0.4, -0.2) is 44.8 Å². The summed E-state index contributed by atoms with van der Waals surface area (Å²) in [6.45, 7) is -0.531. The number of anilines is 1. The quantitative estimate of drug-likeness (QED) is 0.476. The van der Waals surface area contributed by atoms with E-state index in [-0.39, 0.29) is 34.3 Å². The molecule has 0 aliphatic carbocycles. The van der Waals surface area contributed by atoms with E-state index in [4.69, 9.17) is 5.73 Å². The van der Waals surface area contributed by atoms with Gasteiger partial charge in [0.05, 0.1) is 11.5 Å². The molecule has 0 amide bonds. The highest BCUT2D eigenvalue weighted by atomic mass is 32.2. The molecule has 11 heteroatoms. The minimum Gasteiger partial charge on any atom is -0.508 e. The zero-order chi connectivity index (χ0) is 17.5. The van der Waals surface area contributed by atoms with Crippen LogP contribution in [0.3, 0.4) is 0 Å². The summed E-state index contributed by atoms with van der Waals surface area (Å²) in [6, 6.07) is 4.85. The second kappa shape index (κ2) is 5.62. The summed E-state index contributed by atoms with van der Waals surface area (Å²) >= 11 is 0. The number of phenolic OH excluding ortho intramolecular Hbond substituents is 1. The van der Waals surface area contributed by atoms with E-state index in [0.717, 1.165) is 4.57 Å². The number of aliphatic hydroxyl groups is 1. The lowest BCUT2D eigenvalue weighted by Crippen LogP contribution is -2.14. The van der Waals surface area contributed by atoms with E-state index >= 15 is 0 Å². The predicted molar refractivity (Wildman–Crippen MR) is 83.2 cm³/mol. The number of aromatic nitrogens is 4. The molecule has 3 aromatic rings. The fourth-order valence-electron chi connectivity index (χ4n) is 2.25. The molecule has 0 aliphatic heterocycles. The van der Waals surface area contributed by atoms with Crippen molar-refractivity contribution < 1.29 is 18.6 Å².